The molecule has 1 heterocycles. The lowest BCUT2D eigenvalue weighted by atomic mass is 9.98. The van der Waals surface area contributed by atoms with Gasteiger partial charge in [0.1, 0.15) is 11.5 Å². The first-order chi connectivity index (χ1) is 8.70. The molecule has 1 atom stereocenters. The molecule has 1 aliphatic rings. The van der Waals surface area contributed by atoms with Crippen molar-refractivity contribution < 1.29 is 9.18 Å². The molecule has 1 fully saturated rings. The van der Waals surface area contributed by atoms with Crippen LogP contribution in [0.2, 0.25) is 0 Å². The van der Waals surface area contributed by atoms with Crippen LogP contribution in [-0.2, 0) is 0 Å². The number of amides is 1. The van der Waals surface area contributed by atoms with Crippen molar-refractivity contribution in [3.05, 3.63) is 29.8 Å². The lowest BCUT2D eigenvalue weighted by Gasteiger charge is -2.22. The van der Waals surface area contributed by atoms with Gasteiger partial charge in [-0.05, 0) is 30.9 Å². The molecule has 18 heavy (non-hydrogen) atoms. The fraction of sp³-hybridized carbons (Fsp3) is 0.538. The zero-order valence-corrected chi connectivity index (χ0v) is 10.2. The summed E-state index contributed by atoms with van der Waals surface area (Å²) in [7, 11) is 0. The molecule has 1 unspecified atom stereocenters. The van der Waals surface area contributed by atoms with E-state index in [2.05, 4.69) is 10.3 Å². The summed E-state index contributed by atoms with van der Waals surface area (Å²) in [5.41, 5.74) is 5.94. The fourth-order valence-corrected chi connectivity index (χ4v) is 2.48. The summed E-state index contributed by atoms with van der Waals surface area (Å²) in [6, 6.07) is 2.61. The van der Waals surface area contributed by atoms with Crippen LogP contribution in [0.3, 0.4) is 0 Å². The highest BCUT2D eigenvalue weighted by atomic mass is 19.1. The second kappa shape index (κ2) is 5.91. The molecular weight excluding hydrogens is 233 g/mol. The highest BCUT2D eigenvalue weighted by molar-refractivity contribution is 5.92. The Morgan fingerprint density at radius 1 is 1.50 bits per heavy atom. The number of nitrogens with one attached hydrogen (secondary N) is 1. The molecule has 98 valence electrons. The number of aromatic nitrogens is 1. The maximum Gasteiger partial charge on any atom is 0.270 e. The van der Waals surface area contributed by atoms with Gasteiger partial charge < -0.3 is 11.1 Å². The highest BCUT2D eigenvalue weighted by Gasteiger charge is 2.25. The molecule has 1 aromatic rings. The minimum atomic E-state index is -0.447. The van der Waals surface area contributed by atoms with Crippen molar-refractivity contribution in [2.45, 2.75) is 31.7 Å². The minimum absolute atomic E-state index is 0.00754. The Bertz CT molecular complexity index is 401. The van der Waals surface area contributed by atoms with Gasteiger partial charge in [-0.1, -0.05) is 12.8 Å². The second-order valence-electron chi connectivity index (χ2n) is 4.72. The maximum absolute atomic E-state index is 12.7. The zero-order chi connectivity index (χ0) is 13.0. The second-order valence-corrected chi connectivity index (χ2v) is 4.72. The Balaban J connectivity index is 1.98. The lowest BCUT2D eigenvalue weighted by molar-refractivity contribution is 0.0919. The van der Waals surface area contributed by atoms with Gasteiger partial charge in [-0.25, -0.2) is 9.37 Å². The average molecular weight is 251 g/mol. The number of pyridine rings is 1. The first kappa shape index (κ1) is 13.0. The maximum atomic E-state index is 12.7. The molecule has 1 aromatic heterocycles. The van der Waals surface area contributed by atoms with Crippen molar-refractivity contribution in [3.8, 4) is 0 Å². The molecule has 1 aliphatic carbocycles. The molecular formula is C13H18FN3O. The molecule has 1 amide bonds. The predicted octanol–water partition coefficient (Wildman–Crippen LogP) is 1.47. The van der Waals surface area contributed by atoms with Crippen molar-refractivity contribution in [2.75, 3.05) is 6.54 Å². The summed E-state index contributed by atoms with van der Waals surface area (Å²) in [5.74, 6) is -0.269. The van der Waals surface area contributed by atoms with E-state index in [0.29, 0.717) is 12.5 Å². The summed E-state index contributed by atoms with van der Waals surface area (Å²) >= 11 is 0. The van der Waals surface area contributed by atoms with E-state index in [1.54, 1.807) is 0 Å². The van der Waals surface area contributed by atoms with Crippen LogP contribution in [0.1, 0.15) is 36.2 Å². The van der Waals surface area contributed by atoms with Gasteiger partial charge in [0.25, 0.3) is 5.91 Å². The van der Waals surface area contributed by atoms with Crippen molar-refractivity contribution in [1.29, 1.82) is 0 Å². The third kappa shape index (κ3) is 3.04. The Kier molecular flexibility index (Phi) is 4.25. The predicted molar refractivity (Wildman–Crippen MR) is 66.5 cm³/mol. The normalized spacial score (nSPS) is 17.7. The number of carbonyl (C=O) groups excluding carboxylic acids is 1. The van der Waals surface area contributed by atoms with Gasteiger partial charge in [-0.2, -0.15) is 0 Å². The molecule has 5 heteroatoms. The van der Waals surface area contributed by atoms with E-state index < -0.39 is 5.82 Å². The van der Waals surface area contributed by atoms with E-state index in [9.17, 15) is 9.18 Å². The van der Waals surface area contributed by atoms with E-state index in [4.69, 9.17) is 5.73 Å². The summed E-state index contributed by atoms with van der Waals surface area (Å²) < 4.78 is 12.7. The Labute approximate surface area is 106 Å². The van der Waals surface area contributed by atoms with Crippen molar-refractivity contribution in [3.63, 3.8) is 0 Å². The smallest absolute Gasteiger partial charge is 0.270 e. The van der Waals surface area contributed by atoms with Gasteiger partial charge in [0.05, 0.1) is 6.20 Å². The molecule has 0 bridgehead atoms. The molecule has 0 spiro atoms. The molecule has 0 radical (unpaired) electrons. The van der Waals surface area contributed by atoms with E-state index >= 15 is 0 Å². The quantitative estimate of drug-likeness (QED) is 0.851. The van der Waals surface area contributed by atoms with E-state index in [-0.39, 0.29) is 17.6 Å². The molecule has 0 aromatic carbocycles. The van der Waals surface area contributed by atoms with Crippen molar-refractivity contribution in [1.82, 2.24) is 10.3 Å². The van der Waals surface area contributed by atoms with Crippen LogP contribution in [0.25, 0.3) is 0 Å². The molecule has 1 saturated carbocycles. The first-order valence-electron chi connectivity index (χ1n) is 6.33. The van der Waals surface area contributed by atoms with E-state index in [1.807, 2.05) is 0 Å². The topological polar surface area (TPSA) is 68.0 Å². The third-order valence-electron chi connectivity index (χ3n) is 3.50. The third-order valence-corrected chi connectivity index (χ3v) is 3.50. The van der Waals surface area contributed by atoms with Crippen LogP contribution in [0, 0.1) is 11.7 Å². The Morgan fingerprint density at radius 3 is 2.78 bits per heavy atom. The van der Waals surface area contributed by atoms with Crippen LogP contribution < -0.4 is 11.1 Å². The Morgan fingerprint density at radius 2 is 2.22 bits per heavy atom. The number of halogens is 1. The minimum Gasteiger partial charge on any atom is -0.346 e. The van der Waals surface area contributed by atoms with Crippen LogP contribution in [-0.4, -0.2) is 23.5 Å². The monoisotopic (exact) mass is 251 g/mol. The van der Waals surface area contributed by atoms with Gasteiger partial charge in [-0.3, -0.25) is 4.79 Å². The zero-order valence-electron chi connectivity index (χ0n) is 10.2. The first-order valence-corrected chi connectivity index (χ1v) is 6.33. The van der Waals surface area contributed by atoms with Crippen LogP contribution in [0.15, 0.2) is 18.3 Å². The van der Waals surface area contributed by atoms with Gasteiger partial charge in [-0.15, -0.1) is 0 Å². The van der Waals surface area contributed by atoms with Crippen molar-refractivity contribution >= 4 is 5.91 Å². The molecule has 3 N–H and O–H groups in total. The standard InChI is InChI=1S/C13H18FN3O/c14-10-5-6-11(16-8-10)13(18)17-12(7-15)9-3-1-2-4-9/h5-6,8-9,12H,1-4,7,15H2,(H,17,18). The number of carbonyl (C=O) groups is 1. The number of nitrogens with two attached hydrogens (primary N) is 1. The number of hydrogen-bond acceptors (Lipinski definition) is 3. The Hall–Kier alpha value is -1.49. The van der Waals surface area contributed by atoms with Crippen LogP contribution in [0.5, 0.6) is 0 Å². The van der Waals surface area contributed by atoms with Crippen LogP contribution >= 0.6 is 0 Å². The number of nitrogens with zero attached hydrogens (tertiary/aromatic N) is 1. The van der Waals surface area contributed by atoms with Crippen LogP contribution in [0.4, 0.5) is 4.39 Å². The van der Waals surface area contributed by atoms with E-state index in [0.717, 1.165) is 19.0 Å². The summed E-state index contributed by atoms with van der Waals surface area (Å²) in [5, 5.41) is 2.90. The molecule has 0 aliphatic heterocycles. The van der Waals surface area contributed by atoms with E-state index in [1.165, 1.54) is 25.0 Å². The highest BCUT2D eigenvalue weighted by Crippen LogP contribution is 2.27. The van der Waals surface area contributed by atoms with Gasteiger partial charge in [0, 0.05) is 12.6 Å². The molecule has 4 nitrogen and oxygen atoms in total. The lowest BCUT2D eigenvalue weighted by Crippen LogP contribution is -2.44. The number of hydrogen-bond donors (Lipinski definition) is 2. The number of rotatable bonds is 4. The molecule has 2 rings (SSSR count). The van der Waals surface area contributed by atoms with Gasteiger partial charge >= 0.3 is 0 Å². The largest absolute Gasteiger partial charge is 0.346 e. The summed E-state index contributed by atoms with van der Waals surface area (Å²) in [6.45, 7) is 0.428. The fourth-order valence-electron chi connectivity index (χ4n) is 2.48. The summed E-state index contributed by atoms with van der Waals surface area (Å²) in [4.78, 5) is 15.7. The average Bonchev–Trinajstić information content (AvgIpc) is 2.90. The van der Waals surface area contributed by atoms with Crippen molar-refractivity contribution in [2.24, 2.45) is 11.7 Å². The summed E-state index contributed by atoms with van der Waals surface area (Å²) in [6.07, 6.45) is 5.66. The van der Waals surface area contributed by atoms with Gasteiger partial charge in [0.15, 0.2) is 0 Å². The SMILES string of the molecule is NCC(NC(=O)c1ccc(F)cn1)C1CCCC1. The molecule has 0 saturated heterocycles. The van der Waals surface area contributed by atoms with Gasteiger partial charge in [0.2, 0.25) is 0 Å².